The quantitative estimate of drug-likeness (QED) is 0.865. The van der Waals surface area contributed by atoms with Gasteiger partial charge in [-0.25, -0.2) is 0 Å². The third-order valence-corrected chi connectivity index (χ3v) is 3.33. The van der Waals surface area contributed by atoms with E-state index in [1.54, 1.807) is 0 Å². The van der Waals surface area contributed by atoms with Gasteiger partial charge in [0.05, 0.1) is 0 Å². The Morgan fingerprint density at radius 3 is 3.00 bits per heavy atom. The summed E-state index contributed by atoms with van der Waals surface area (Å²) >= 11 is 0. The van der Waals surface area contributed by atoms with E-state index in [1.165, 1.54) is 12.8 Å². The molecule has 0 bridgehead atoms. The van der Waals surface area contributed by atoms with Crippen molar-refractivity contribution in [3.05, 3.63) is 29.3 Å². The summed E-state index contributed by atoms with van der Waals surface area (Å²) in [5, 5.41) is 16.8. The Morgan fingerprint density at radius 1 is 1.47 bits per heavy atom. The molecule has 1 aliphatic rings. The van der Waals surface area contributed by atoms with Crippen molar-refractivity contribution in [3.8, 4) is 11.4 Å². The number of hydrogen-bond acceptors (Lipinski definition) is 4. The maximum Gasteiger partial charge on any atom is 0.251 e. The van der Waals surface area contributed by atoms with Crippen molar-refractivity contribution < 1.29 is 4.79 Å². The smallest absolute Gasteiger partial charge is 0.251 e. The number of aryl methyl sites for hydroxylation is 1. The van der Waals surface area contributed by atoms with Crippen LogP contribution in [0.4, 0.5) is 0 Å². The van der Waals surface area contributed by atoms with E-state index in [1.807, 2.05) is 25.1 Å². The molecule has 19 heavy (non-hydrogen) atoms. The summed E-state index contributed by atoms with van der Waals surface area (Å²) in [4.78, 5) is 12.0. The van der Waals surface area contributed by atoms with Crippen LogP contribution in [0.25, 0.3) is 11.4 Å². The van der Waals surface area contributed by atoms with Crippen LogP contribution in [0.5, 0.6) is 0 Å². The molecule has 1 amide bonds. The Kier molecular flexibility index (Phi) is 2.98. The Bertz CT molecular complexity index is 589. The van der Waals surface area contributed by atoms with Gasteiger partial charge < -0.3 is 5.32 Å². The van der Waals surface area contributed by atoms with Crippen LogP contribution < -0.4 is 5.32 Å². The van der Waals surface area contributed by atoms with Crippen molar-refractivity contribution in [3.63, 3.8) is 0 Å². The van der Waals surface area contributed by atoms with Gasteiger partial charge >= 0.3 is 0 Å². The molecule has 2 N–H and O–H groups in total. The summed E-state index contributed by atoms with van der Waals surface area (Å²) < 4.78 is 0. The number of carbonyl (C=O) groups is 1. The van der Waals surface area contributed by atoms with E-state index in [4.69, 9.17) is 0 Å². The number of aromatic amines is 1. The SMILES string of the molecule is Cc1ccc(C(=O)NCC2CC2)cc1-c1nn[nH]n1. The number of aromatic nitrogens is 4. The van der Waals surface area contributed by atoms with E-state index < -0.39 is 0 Å². The largest absolute Gasteiger partial charge is 0.352 e. The lowest BCUT2D eigenvalue weighted by Crippen LogP contribution is -2.25. The van der Waals surface area contributed by atoms with Gasteiger partial charge in [0.1, 0.15) is 0 Å². The van der Waals surface area contributed by atoms with Crippen LogP contribution >= 0.6 is 0 Å². The van der Waals surface area contributed by atoms with Crippen LogP contribution in [0.3, 0.4) is 0 Å². The predicted molar refractivity (Wildman–Crippen MR) is 69.4 cm³/mol. The molecule has 6 heteroatoms. The maximum atomic E-state index is 12.0. The first-order valence-electron chi connectivity index (χ1n) is 6.36. The van der Waals surface area contributed by atoms with E-state index in [0.717, 1.165) is 17.7 Å². The average Bonchev–Trinajstić information content (AvgIpc) is 3.09. The molecule has 98 valence electrons. The van der Waals surface area contributed by atoms with Gasteiger partial charge in [-0.3, -0.25) is 4.79 Å². The molecule has 0 saturated heterocycles. The van der Waals surface area contributed by atoms with Crippen LogP contribution in [-0.2, 0) is 0 Å². The third kappa shape index (κ3) is 2.62. The molecule has 1 heterocycles. The monoisotopic (exact) mass is 257 g/mol. The first-order chi connectivity index (χ1) is 9.24. The highest BCUT2D eigenvalue weighted by Crippen LogP contribution is 2.27. The zero-order valence-electron chi connectivity index (χ0n) is 10.7. The molecule has 1 aliphatic carbocycles. The zero-order chi connectivity index (χ0) is 13.2. The fourth-order valence-electron chi connectivity index (χ4n) is 1.94. The van der Waals surface area contributed by atoms with E-state index >= 15 is 0 Å². The normalized spacial score (nSPS) is 14.4. The van der Waals surface area contributed by atoms with Crippen LogP contribution in [0, 0.1) is 12.8 Å². The van der Waals surface area contributed by atoms with Crippen LogP contribution in [-0.4, -0.2) is 33.1 Å². The van der Waals surface area contributed by atoms with E-state index in [9.17, 15) is 4.79 Å². The summed E-state index contributed by atoms with van der Waals surface area (Å²) in [7, 11) is 0. The topological polar surface area (TPSA) is 83.6 Å². The molecule has 1 fully saturated rings. The number of benzene rings is 1. The van der Waals surface area contributed by atoms with E-state index in [0.29, 0.717) is 17.3 Å². The van der Waals surface area contributed by atoms with Crippen molar-refractivity contribution in [2.75, 3.05) is 6.54 Å². The van der Waals surface area contributed by atoms with E-state index in [2.05, 4.69) is 25.9 Å². The van der Waals surface area contributed by atoms with Gasteiger partial charge in [0.25, 0.3) is 5.91 Å². The van der Waals surface area contributed by atoms with Crippen molar-refractivity contribution in [2.24, 2.45) is 5.92 Å². The summed E-state index contributed by atoms with van der Waals surface area (Å²) in [6.45, 7) is 2.72. The Hall–Kier alpha value is -2.24. The van der Waals surface area contributed by atoms with Gasteiger partial charge in [-0.2, -0.15) is 5.21 Å². The second-order valence-corrected chi connectivity index (χ2v) is 4.92. The zero-order valence-corrected chi connectivity index (χ0v) is 10.7. The molecule has 6 nitrogen and oxygen atoms in total. The number of hydrogen-bond donors (Lipinski definition) is 2. The molecule has 0 atom stereocenters. The number of amides is 1. The number of nitrogens with one attached hydrogen (secondary N) is 2. The number of H-pyrrole nitrogens is 1. The lowest BCUT2D eigenvalue weighted by atomic mass is 10.0. The molecule has 0 unspecified atom stereocenters. The molecule has 0 radical (unpaired) electrons. The minimum atomic E-state index is -0.0448. The number of nitrogens with zero attached hydrogens (tertiary/aromatic N) is 3. The second-order valence-electron chi connectivity index (χ2n) is 4.92. The predicted octanol–water partition coefficient (Wildman–Crippen LogP) is 1.31. The van der Waals surface area contributed by atoms with Gasteiger partial charge in [-0.1, -0.05) is 6.07 Å². The van der Waals surface area contributed by atoms with Gasteiger partial charge in [-0.05, 0) is 48.6 Å². The van der Waals surface area contributed by atoms with E-state index in [-0.39, 0.29) is 5.91 Å². The lowest BCUT2D eigenvalue weighted by Gasteiger charge is -2.07. The Morgan fingerprint density at radius 2 is 2.32 bits per heavy atom. The number of tetrazole rings is 1. The first kappa shape index (κ1) is 11.8. The summed E-state index contributed by atoms with van der Waals surface area (Å²) in [5.74, 6) is 1.14. The summed E-state index contributed by atoms with van der Waals surface area (Å²) in [6.07, 6.45) is 2.45. The lowest BCUT2D eigenvalue weighted by molar-refractivity contribution is 0.0952. The fraction of sp³-hybridized carbons (Fsp3) is 0.385. The van der Waals surface area contributed by atoms with Crippen molar-refractivity contribution in [2.45, 2.75) is 19.8 Å². The van der Waals surface area contributed by atoms with Crippen LogP contribution in [0.1, 0.15) is 28.8 Å². The molecule has 3 rings (SSSR count). The van der Waals surface area contributed by atoms with Gasteiger partial charge in [0.15, 0.2) is 0 Å². The Labute approximate surface area is 110 Å². The third-order valence-electron chi connectivity index (χ3n) is 3.33. The molecule has 1 aromatic heterocycles. The molecule has 1 aromatic carbocycles. The molecule has 1 saturated carbocycles. The molecule has 0 spiro atoms. The maximum absolute atomic E-state index is 12.0. The van der Waals surface area contributed by atoms with Crippen molar-refractivity contribution in [1.29, 1.82) is 0 Å². The second kappa shape index (κ2) is 4.79. The van der Waals surface area contributed by atoms with Gasteiger partial charge in [-0.15, -0.1) is 10.2 Å². The Balaban J connectivity index is 1.82. The van der Waals surface area contributed by atoms with Gasteiger partial charge in [0.2, 0.25) is 5.82 Å². The van der Waals surface area contributed by atoms with Crippen molar-refractivity contribution in [1.82, 2.24) is 25.9 Å². The minimum absolute atomic E-state index is 0.0448. The molecular formula is C13H15N5O. The van der Waals surface area contributed by atoms with Crippen LogP contribution in [0.2, 0.25) is 0 Å². The molecular weight excluding hydrogens is 242 g/mol. The summed E-state index contributed by atoms with van der Waals surface area (Å²) in [5.41, 5.74) is 2.47. The number of carbonyl (C=O) groups excluding carboxylic acids is 1. The van der Waals surface area contributed by atoms with Crippen molar-refractivity contribution >= 4 is 5.91 Å². The highest BCUT2D eigenvalue weighted by Gasteiger charge is 2.22. The minimum Gasteiger partial charge on any atom is -0.352 e. The van der Waals surface area contributed by atoms with Gasteiger partial charge in [0, 0.05) is 17.7 Å². The molecule has 2 aromatic rings. The number of rotatable bonds is 4. The first-order valence-corrected chi connectivity index (χ1v) is 6.36. The van der Waals surface area contributed by atoms with Crippen LogP contribution in [0.15, 0.2) is 18.2 Å². The summed E-state index contributed by atoms with van der Waals surface area (Å²) in [6, 6.07) is 5.53. The fourth-order valence-corrected chi connectivity index (χ4v) is 1.94. The highest BCUT2D eigenvalue weighted by molar-refractivity contribution is 5.95. The highest BCUT2D eigenvalue weighted by atomic mass is 16.1. The average molecular weight is 257 g/mol. The molecule has 0 aliphatic heterocycles. The standard InChI is InChI=1S/C13H15N5O/c1-8-2-5-10(13(19)14-7-9-3-4-9)6-11(8)12-15-17-18-16-12/h2,5-6,9H,3-4,7H2,1H3,(H,14,19)(H,15,16,17,18).